The second-order valence-electron chi connectivity index (χ2n) is 7.13. The van der Waals surface area contributed by atoms with Gasteiger partial charge in [0.05, 0.1) is 11.1 Å². The van der Waals surface area contributed by atoms with E-state index in [1.807, 2.05) is 55.5 Å². The van der Waals surface area contributed by atoms with E-state index in [1.54, 1.807) is 0 Å². The van der Waals surface area contributed by atoms with Gasteiger partial charge >= 0.3 is 0 Å². The number of carbonyl (C=O) groups is 1. The fourth-order valence-electron chi connectivity index (χ4n) is 3.56. The molecule has 4 aromatic rings. The lowest BCUT2D eigenvalue weighted by Crippen LogP contribution is -2.34. The van der Waals surface area contributed by atoms with Crippen LogP contribution in [0.25, 0.3) is 21.3 Å². The van der Waals surface area contributed by atoms with Crippen LogP contribution in [-0.4, -0.2) is 34.5 Å². The van der Waals surface area contributed by atoms with Crippen molar-refractivity contribution < 1.29 is 14.3 Å². The average Bonchev–Trinajstić information content (AvgIpc) is 3.16. The summed E-state index contributed by atoms with van der Waals surface area (Å²) >= 11 is 2.82. The molecule has 0 fully saturated rings. The van der Waals surface area contributed by atoms with Gasteiger partial charge in [0.1, 0.15) is 24.4 Å². The Morgan fingerprint density at radius 1 is 1.16 bits per heavy atom. The van der Waals surface area contributed by atoms with E-state index in [0.29, 0.717) is 34.9 Å². The van der Waals surface area contributed by atoms with Gasteiger partial charge in [-0.25, -0.2) is 9.66 Å². The minimum atomic E-state index is -0.304. The van der Waals surface area contributed by atoms with E-state index in [2.05, 4.69) is 10.4 Å². The first-order chi connectivity index (χ1) is 15.6. The quantitative estimate of drug-likeness (QED) is 0.448. The fourth-order valence-corrected chi connectivity index (χ4v) is 5.28. The number of rotatable bonds is 5. The predicted molar refractivity (Wildman–Crippen MR) is 127 cm³/mol. The highest BCUT2D eigenvalue weighted by molar-refractivity contribution is 8.00. The van der Waals surface area contributed by atoms with Crippen molar-refractivity contribution in [2.75, 3.05) is 24.4 Å². The first-order valence-corrected chi connectivity index (χ1v) is 11.8. The highest BCUT2D eigenvalue weighted by Crippen LogP contribution is 2.35. The van der Waals surface area contributed by atoms with E-state index >= 15 is 0 Å². The van der Waals surface area contributed by atoms with Crippen LogP contribution in [0.2, 0.25) is 0 Å². The predicted octanol–water partition coefficient (Wildman–Crippen LogP) is 4.07. The van der Waals surface area contributed by atoms with Gasteiger partial charge in [0.2, 0.25) is 5.91 Å². The molecule has 0 atom stereocenters. The van der Waals surface area contributed by atoms with Gasteiger partial charge in [-0.15, -0.1) is 23.1 Å². The van der Waals surface area contributed by atoms with Crippen LogP contribution in [0.3, 0.4) is 0 Å². The van der Waals surface area contributed by atoms with Crippen LogP contribution < -0.4 is 20.5 Å². The maximum atomic E-state index is 13.2. The summed E-state index contributed by atoms with van der Waals surface area (Å²) in [5, 5.41) is 0.515. The fraction of sp³-hybridized carbons (Fsp3) is 0.174. The Kier molecular flexibility index (Phi) is 5.59. The van der Waals surface area contributed by atoms with Crippen LogP contribution in [0, 0.1) is 6.92 Å². The molecule has 3 heterocycles. The Bertz CT molecular complexity index is 1370. The number of thiophene rings is 1. The first kappa shape index (κ1) is 20.6. The number of thioether (sulfide) groups is 1. The van der Waals surface area contributed by atoms with Crippen molar-refractivity contribution in [1.29, 1.82) is 0 Å². The monoisotopic (exact) mass is 465 g/mol. The van der Waals surface area contributed by atoms with Gasteiger partial charge in [-0.05, 0) is 30.7 Å². The lowest BCUT2D eigenvalue weighted by molar-refractivity contribution is -0.114. The Labute approximate surface area is 192 Å². The van der Waals surface area contributed by atoms with Gasteiger partial charge < -0.3 is 9.47 Å². The third-order valence-electron chi connectivity index (χ3n) is 4.98. The molecule has 32 heavy (non-hydrogen) atoms. The zero-order chi connectivity index (χ0) is 22.1. The SMILES string of the molecule is Cc1sc2ncn(NC(=O)CSc3ccc4c(c3)OCCO4)c(=O)c2c1-c1ccccc1. The molecule has 0 radical (unpaired) electrons. The van der Waals surface area contributed by atoms with E-state index in [-0.39, 0.29) is 17.2 Å². The molecule has 0 aliphatic carbocycles. The van der Waals surface area contributed by atoms with Crippen molar-refractivity contribution in [3.8, 4) is 22.6 Å². The van der Waals surface area contributed by atoms with Gasteiger partial charge in [-0.2, -0.15) is 0 Å². The van der Waals surface area contributed by atoms with Gasteiger partial charge in [0, 0.05) is 15.3 Å². The number of amides is 1. The minimum Gasteiger partial charge on any atom is -0.486 e. The van der Waals surface area contributed by atoms with Gasteiger partial charge in [-0.3, -0.25) is 15.0 Å². The molecule has 0 saturated carbocycles. The molecular formula is C23H19N3O4S2. The number of aromatic nitrogens is 2. The van der Waals surface area contributed by atoms with E-state index < -0.39 is 0 Å². The standard InChI is InChI=1S/C23H19N3O4S2/c1-14-20(15-5-3-2-4-6-15)21-22(32-14)24-13-26(23(21)28)25-19(27)12-31-16-7-8-17-18(11-16)30-10-9-29-17/h2-8,11,13H,9-10,12H2,1H3,(H,25,27). The second-order valence-corrected chi connectivity index (χ2v) is 9.38. The van der Waals surface area contributed by atoms with Crippen molar-refractivity contribution in [3.05, 3.63) is 70.1 Å². The Balaban J connectivity index is 1.35. The lowest BCUT2D eigenvalue weighted by atomic mass is 10.0. The molecular weight excluding hydrogens is 446 g/mol. The zero-order valence-electron chi connectivity index (χ0n) is 17.2. The summed E-state index contributed by atoms with van der Waals surface area (Å²) in [6.45, 7) is 3.01. The van der Waals surface area contributed by atoms with E-state index in [1.165, 1.54) is 29.4 Å². The molecule has 1 aliphatic rings. The first-order valence-electron chi connectivity index (χ1n) is 9.98. The number of carbonyl (C=O) groups excluding carboxylic acids is 1. The van der Waals surface area contributed by atoms with Crippen LogP contribution in [0.1, 0.15) is 4.88 Å². The summed E-state index contributed by atoms with van der Waals surface area (Å²) in [7, 11) is 0. The number of hydrogen-bond acceptors (Lipinski definition) is 7. The Morgan fingerprint density at radius 2 is 1.94 bits per heavy atom. The van der Waals surface area contributed by atoms with Crippen LogP contribution in [-0.2, 0) is 4.79 Å². The maximum absolute atomic E-state index is 13.2. The van der Waals surface area contributed by atoms with Crippen molar-refractivity contribution in [2.24, 2.45) is 0 Å². The molecule has 1 aliphatic heterocycles. The smallest absolute Gasteiger partial charge is 0.281 e. The summed E-state index contributed by atoms with van der Waals surface area (Å²) in [5.41, 5.74) is 4.17. The molecule has 2 aromatic carbocycles. The minimum absolute atomic E-state index is 0.137. The van der Waals surface area contributed by atoms with Crippen LogP contribution in [0.5, 0.6) is 11.5 Å². The molecule has 0 bridgehead atoms. The lowest BCUT2D eigenvalue weighted by Gasteiger charge is -2.18. The molecule has 2 aromatic heterocycles. The molecule has 0 saturated heterocycles. The molecule has 0 unspecified atom stereocenters. The second kappa shape index (κ2) is 8.68. The zero-order valence-corrected chi connectivity index (χ0v) is 18.8. The number of nitrogens with zero attached hydrogens (tertiary/aromatic N) is 2. The molecule has 1 amide bonds. The molecule has 5 rings (SSSR count). The van der Waals surface area contributed by atoms with Gasteiger partial charge in [0.15, 0.2) is 11.5 Å². The number of aryl methyl sites for hydroxylation is 1. The van der Waals surface area contributed by atoms with E-state index in [4.69, 9.17) is 9.47 Å². The third kappa shape index (κ3) is 3.96. The molecule has 0 spiro atoms. The topological polar surface area (TPSA) is 82.5 Å². The average molecular weight is 466 g/mol. The van der Waals surface area contributed by atoms with Gasteiger partial charge in [-0.1, -0.05) is 30.3 Å². The molecule has 1 N–H and O–H groups in total. The van der Waals surface area contributed by atoms with Crippen molar-refractivity contribution in [3.63, 3.8) is 0 Å². The highest BCUT2D eigenvalue weighted by atomic mass is 32.2. The Morgan fingerprint density at radius 3 is 2.75 bits per heavy atom. The van der Waals surface area contributed by atoms with E-state index in [0.717, 1.165) is 25.6 Å². The normalized spacial score (nSPS) is 12.7. The molecule has 9 heteroatoms. The number of nitrogens with one attached hydrogen (secondary N) is 1. The number of ether oxygens (including phenoxy) is 2. The maximum Gasteiger partial charge on any atom is 0.281 e. The summed E-state index contributed by atoms with van der Waals surface area (Å²) in [5.74, 6) is 1.21. The highest BCUT2D eigenvalue weighted by Gasteiger charge is 2.18. The Hall–Kier alpha value is -3.30. The van der Waals surface area contributed by atoms with Crippen LogP contribution >= 0.6 is 23.1 Å². The van der Waals surface area contributed by atoms with E-state index in [9.17, 15) is 9.59 Å². The molecule has 162 valence electrons. The van der Waals surface area contributed by atoms with Crippen LogP contribution in [0.4, 0.5) is 0 Å². The van der Waals surface area contributed by atoms with Crippen molar-refractivity contribution in [1.82, 2.24) is 9.66 Å². The number of fused-ring (bicyclic) bond motifs is 2. The van der Waals surface area contributed by atoms with Gasteiger partial charge in [0.25, 0.3) is 5.56 Å². The summed E-state index contributed by atoms with van der Waals surface area (Å²) in [6, 6.07) is 15.3. The van der Waals surface area contributed by atoms with Crippen molar-refractivity contribution in [2.45, 2.75) is 11.8 Å². The number of benzene rings is 2. The summed E-state index contributed by atoms with van der Waals surface area (Å²) in [4.78, 5) is 32.7. The van der Waals surface area contributed by atoms with Crippen molar-refractivity contribution >= 4 is 39.2 Å². The van der Waals surface area contributed by atoms with Crippen LogP contribution in [0.15, 0.2) is 64.5 Å². The third-order valence-corrected chi connectivity index (χ3v) is 6.99. The number of hydrogen-bond donors (Lipinski definition) is 1. The molecule has 7 nitrogen and oxygen atoms in total. The summed E-state index contributed by atoms with van der Waals surface area (Å²) < 4.78 is 12.3. The summed E-state index contributed by atoms with van der Waals surface area (Å²) in [6.07, 6.45) is 1.36. The largest absolute Gasteiger partial charge is 0.486 e.